The molecule has 0 bridgehead atoms. The van der Waals surface area contributed by atoms with Gasteiger partial charge in [0.05, 0.1) is 8.95 Å². The molecular weight excluding hydrogens is 380 g/mol. The second-order valence-electron chi connectivity index (χ2n) is 3.49. The fourth-order valence-corrected chi connectivity index (χ4v) is 2.09. The summed E-state index contributed by atoms with van der Waals surface area (Å²) in [4.78, 5) is 0. The first-order valence-electron chi connectivity index (χ1n) is 4.69. The van der Waals surface area contributed by atoms with E-state index in [0.29, 0.717) is 0 Å². The molecule has 2 rings (SSSR count). The monoisotopic (exact) mass is 382 g/mol. The quantitative estimate of drug-likeness (QED) is 0.454. The molecule has 0 atom stereocenters. The van der Waals surface area contributed by atoms with Crippen molar-refractivity contribution in [3.8, 4) is 11.1 Å². The van der Waals surface area contributed by atoms with E-state index in [9.17, 15) is 17.6 Å². The van der Waals surface area contributed by atoms with Crippen LogP contribution < -0.4 is 0 Å². The maximum Gasteiger partial charge on any atom is 0.138 e. The highest BCUT2D eigenvalue weighted by Gasteiger charge is 2.16. The van der Waals surface area contributed by atoms with Crippen molar-refractivity contribution in [2.75, 3.05) is 0 Å². The molecule has 0 amide bonds. The normalized spacial score (nSPS) is 10.8. The third-order valence-electron chi connectivity index (χ3n) is 2.31. The molecule has 94 valence electrons. The fourth-order valence-electron chi connectivity index (χ4n) is 1.46. The maximum absolute atomic E-state index is 13.6. The predicted octanol–water partition coefficient (Wildman–Crippen LogP) is 5.44. The van der Waals surface area contributed by atoms with Gasteiger partial charge in [-0.2, -0.15) is 0 Å². The van der Waals surface area contributed by atoms with Crippen LogP contribution in [0, 0.1) is 23.3 Å². The molecule has 0 N–H and O–H groups in total. The maximum atomic E-state index is 13.6. The Labute approximate surface area is 117 Å². The zero-order valence-electron chi connectivity index (χ0n) is 8.58. The van der Waals surface area contributed by atoms with Gasteiger partial charge in [0, 0.05) is 11.1 Å². The van der Waals surface area contributed by atoms with Crippen molar-refractivity contribution < 1.29 is 17.6 Å². The molecule has 0 unspecified atom stereocenters. The summed E-state index contributed by atoms with van der Waals surface area (Å²) in [7, 11) is 0. The molecule has 18 heavy (non-hydrogen) atoms. The molecule has 0 nitrogen and oxygen atoms in total. The van der Waals surface area contributed by atoms with Gasteiger partial charge in [-0.25, -0.2) is 17.6 Å². The van der Waals surface area contributed by atoms with Crippen molar-refractivity contribution in [2.45, 2.75) is 0 Å². The van der Waals surface area contributed by atoms with E-state index in [2.05, 4.69) is 31.9 Å². The first-order chi connectivity index (χ1) is 8.40. The summed E-state index contributed by atoms with van der Waals surface area (Å²) in [6.07, 6.45) is 0. The second-order valence-corrected chi connectivity index (χ2v) is 5.20. The molecule has 0 aromatic heterocycles. The Morgan fingerprint density at radius 1 is 0.556 bits per heavy atom. The third-order valence-corrected chi connectivity index (χ3v) is 3.53. The van der Waals surface area contributed by atoms with Crippen LogP contribution in [0.15, 0.2) is 33.2 Å². The van der Waals surface area contributed by atoms with Crippen LogP contribution in [0.1, 0.15) is 0 Å². The van der Waals surface area contributed by atoms with Gasteiger partial charge in [0.25, 0.3) is 0 Å². The Hall–Kier alpha value is -0.880. The lowest BCUT2D eigenvalue weighted by atomic mass is 10.0. The molecule has 0 saturated heterocycles. The summed E-state index contributed by atoms with van der Waals surface area (Å²) >= 11 is 5.61. The number of hydrogen-bond donors (Lipinski definition) is 0. The van der Waals surface area contributed by atoms with Crippen LogP contribution in [-0.2, 0) is 0 Å². The number of hydrogen-bond acceptors (Lipinski definition) is 0. The van der Waals surface area contributed by atoms with Crippen LogP contribution in [0.4, 0.5) is 17.6 Å². The molecule has 0 aliphatic heterocycles. The molecule has 2 aromatic rings. The molecular formula is C12H4Br2F4. The molecule has 0 heterocycles. The van der Waals surface area contributed by atoms with Crippen molar-refractivity contribution in [3.05, 3.63) is 56.5 Å². The summed E-state index contributed by atoms with van der Waals surface area (Å²) in [6, 6.07) is 3.35. The Morgan fingerprint density at radius 2 is 0.889 bits per heavy atom. The van der Waals surface area contributed by atoms with E-state index in [-0.39, 0.29) is 20.1 Å². The van der Waals surface area contributed by atoms with Gasteiger partial charge in [0.2, 0.25) is 0 Å². The highest BCUT2D eigenvalue weighted by atomic mass is 79.9. The smallest absolute Gasteiger partial charge is 0.138 e. The molecule has 0 spiro atoms. The lowest BCUT2D eigenvalue weighted by molar-refractivity contribution is 0.585. The van der Waals surface area contributed by atoms with E-state index in [0.717, 1.165) is 24.3 Å². The highest BCUT2D eigenvalue weighted by molar-refractivity contribution is 9.10. The van der Waals surface area contributed by atoms with Crippen molar-refractivity contribution in [1.29, 1.82) is 0 Å². The zero-order chi connectivity index (χ0) is 13.4. The molecule has 0 radical (unpaired) electrons. The van der Waals surface area contributed by atoms with Crippen LogP contribution in [0.5, 0.6) is 0 Å². The van der Waals surface area contributed by atoms with Crippen LogP contribution >= 0.6 is 31.9 Å². The Balaban J connectivity index is 2.69. The van der Waals surface area contributed by atoms with E-state index in [4.69, 9.17) is 0 Å². The summed E-state index contributed by atoms with van der Waals surface area (Å²) in [6.45, 7) is 0. The van der Waals surface area contributed by atoms with Crippen LogP contribution in [0.2, 0.25) is 0 Å². The summed E-state index contributed by atoms with van der Waals surface area (Å²) in [5.74, 6) is -3.20. The van der Waals surface area contributed by atoms with E-state index in [1.165, 1.54) is 0 Å². The summed E-state index contributed by atoms with van der Waals surface area (Å²) in [5, 5.41) is 0. The highest BCUT2D eigenvalue weighted by Crippen LogP contribution is 2.32. The lowest BCUT2D eigenvalue weighted by Crippen LogP contribution is -1.93. The second kappa shape index (κ2) is 5.01. The summed E-state index contributed by atoms with van der Waals surface area (Å²) in [5.41, 5.74) is -0.667. The minimum absolute atomic E-state index is 0.0817. The van der Waals surface area contributed by atoms with Gasteiger partial charge < -0.3 is 0 Å². The minimum atomic E-state index is -0.844. The molecule has 2 aromatic carbocycles. The van der Waals surface area contributed by atoms with Crippen molar-refractivity contribution in [3.63, 3.8) is 0 Å². The van der Waals surface area contributed by atoms with Gasteiger partial charge in [-0.15, -0.1) is 0 Å². The van der Waals surface area contributed by atoms with Gasteiger partial charge in [0.15, 0.2) is 0 Å². The van der Waals surface area contributed by atoms with Gasteiger partial charge in [-0.05, 0) is 56.1 Å². The van der Waals surface area contributed by atoms with E-state index < -0.39 is 23.3 Å². The van der Waals surface area contributed by atoms with E-state index in [1.54, 1.807) is 0 Å². The molecule has 6 heteroatoms. The van der Waals surface area contributed by atoms with Gasteiger partial charge in [-0.3, -0.25) is 0 Å². The topological polar surface area (TPSA) is 0 Å². The van der Waals surface area contributed by atoms with E-state index >= 15 is 0 Å². The third kappa shape index (κ3) is 2.44. The van der Waals surface area contributed by atoms with E-state index in [1.807, 2.05) is 0 Å². The van der Waals surface area contributed by atoms with Crippen molar-refractivity contribution >= 4 is 31.9 Å². The minimum Gasteiger partial charge on any atom is -0.206 e. The number of benzene rings is 2. The largest absolute Gasteiger partial charge is 0.206 e. The zero-order valence-corrected chi connectivity index (χ0v) is 11.7. The number of halogens is 6. The van der Waals surface area contributed by atoms with Gasteiger partial charge in [0.1, 0.15) is 23.3 Å². The molecule has 0 aliphatic carbocycles. The SMILES string of the molecule is Fc1cc(-c2cc(F)c(Br)cc2F)c(F)cc1Br. The Kier molecular flexibility index (Phi) is 3.77. The Bertz CT molecular complexity index is 570. The molecule has 0 fully saturated rings. The summed E-state index contributed by atoms with van der Waals surface area (Å²) < 4.78 is 53.7. The van der Waals surface area contributed by atoms with Crippen molar-refractivity contribution in [1.82, 2.24) is 0 Å². The van der Waals surface area contributed by atoms with Crippen molar-refractivity contribution in [2.24, 2.45) is 0 Å². The standard InChI is InChI=1S/C12H4Br2F4/c13-7-3-9(15)5(1-11(7)17)6-2-12(18)8(14)4-10(6)16/h1-4H. The van der Waals surface area contributed by atoms with Crippen LogP contribution in [0.25, 0.3) is 11.1 Å². The first-order valence-corrected chi connectivity index (χ1v) is 6.28. The van der Waals surface area contributed by atoms with Gasteiger partial charge >= 0.3 is 0 Å². The fraction of sp³-hybridized carbons (Fsp3) is 0. The van der Waals surface area contributed by atoms with Crippen LogP contribution in [0.3, 0.4) is 0 Å². The average molecular weight is 384 g/mol. The predicted molar refractivity (Wildman–Crippen MR) is 67.1 cm³/mol. The number of rotatable bonds is 1. The lowest BCUT2D eigenvalue weighted by Gasteiger charge is -2.07. The molecule has 0 aliphatic rings. The first kappa shape index (κ1) is 13.5. The van der Waals surface area contributed by atoms with Gasteiger partial charge in [-0.1, -0.05) is 0 Å². The molecule has 0 saturated carbocycles. The van der Waals surface area contributed by atoms with Crippen LogP contribution in [-0.4, -0.2) is 0 Å². The Morgan fingerprint density at radius 3 is 1.22 bits per heavy atom. The average Bonchev–Trinajstić information content (AvgIpc) is 2.29.